The largest absolute Gasteiger partial charge is 0.453 e. The highest BCUT2D eigenvalue weighted by molar-refractivity contribution is 6.04. The average Bonchev–Trinajstić information content (AvgIpc) is 4.08. The summed E-state index contributed by atoms with van der Waals surface area (Å²) in [7, 11) is 1.28. The van der Waals surface area contributed by atoms with E-state index in [1.54, 1.807) is 23.2 Å². The number of hydrogen-bond donors (Lipinski definition) is 4. The molecule has 0 bridgehead atoms. The van der Waals surface area contributed by atoms with Crippen LogP contribution in [0.5, 0.6) is 0 Å². The van der Waals surface area contributed by atoms with Crippen molar-refractivity contribution in [2.24, 2.45) is 17.6 Å². The number of benzene rings is 3. The number of amides is 3. The van der Waals surface area contributed by atoms with Gasteiger partial charge in [-0.25, -0.2) is 19.2 Å². The van der Waals surface area contributed by atoms with E-state index in [2.05, 4.69) is 32.1 Å². The highest BCUT2D eigenvalue weighted by Gasteiger charge is 2.40. The number of imidazole rings is 2. The Kier molecular flexibility index (Phi) is 11.2. The third-order valence-corrected chi connectivity index (χ3v) is 11.9. The minimum Gasteiger partial charge on any atom is -0.453 e. The molecule has 0 unspecified atom stereocenters. The maximum atomic E-state index is 15.5. The lowest BCUT2D eigenvalue weighted by Crippen LogP contribution is -2.53. The first-order chi connectivity index (χ1) is 28.1. The molecule has 58 heavy (non-hydrogen) atoms. The Balaban J connectivity index is 0.967. The molecule has 3 amide bonds. The van der Waals surface area contributed by atoms with Gasteiger partial charge in [0.15, 0.2) is 0 Å². The number of hydrogen-bond acceptors (Lipinski definition) is 8. The number of rotatable bonds is 8. The summed E-state index contributed by atoms with van der Waals surface area (Å²) in [6.07, 6.45) is 5.55. The number of halogens is 1. The third kappa shape index (κ3) is 7.76. The molecular weight excluding hydrogens is 740 g/mol. The van der Waals surface area contributed by atoms with Gasteiger partial charge in [0.25, 0.3) is 0 Å². The second kappa shape index (κ2) is 16.6. The lowest BCUT2D eigenvalue weighted by Gasteiger charge is -2.34. The monoisotopic (exact) mass is 788 g/mol. The highest BCUT2D eigenvalue weighted by atomic mass is 19.1. The molecule has 5 aromatic rings. The molecule has 2 aromatic heterocycles. The normalized spacial score (nSPS) is 19.7. The van der Waals surface area contributed by atoms with Crippen molar-refractivity contribution in [3.63, 3.8) is 0 Å². The van der Waals surface area contributed by atoms with E-state index in [1.807, 2.05) is 49.1 Å². The summed E-state index contributed by atoms with van der Waals surface area (Å²) < 4.78 is 25.9. The predicted molar refractivity (Wildman–Crippen MR) is 217 cm³/mol. The second-order valence-electron chi connectivity index (χ2n) is 15.9. The molecule has 3 aliphatic rings. The van der Waals surface area contributed by atoms with Gasteiger partial charge in [-0.05, 0) is 86.1 Å². The minimum absolute atomic E-state index is 0.0408. The fraction of sp³-hybridized carbons (Fsp3) is 0.432. The van der Waals surface area contributed by atoms with E-state index < -0.39 is 24.0 Å². The van der Waals surface area contributed by atoms with Crippen LogP contribution in [0.15, 0.2) is 54.7 Å². The first-order valence-electron chi connectivity index (χ1n) is 20.2. The number of aromatic amines is 2. The Bertz CT molecular complexity index is 2410. The molecule has 0 aliphatic carbocycles. The summed E-state index contributed by atoms with van der Waals surface area (Å²) in [6.45, 7) is 6.18. The Morgan fingerprint density at radius 3 is 2.40 bits per heavy atom. The van der Waals surface area contributed by atoms with Crippen LogP contribution in [0.1, 0.15) is 87.2 Å². The molecule has 0 radical (unpaired) electrons. The Hall–Kier alpha value is -5.78. The molecule has 3 fully saturated rings. The molecule has 3 aromatic carbocycles. The second-order valence-corrected chi connectivity index (χ2v) is 15.9. The predicted octanol–water partition coefficient (Wildman–Crippen LogP) is 6.11. The Labute approximate surface area is 336 Å². The average molecular weight is 789 g/mol. The molecule has 5 heterocycles. The molecule has 0 spiro atoms. The van der Waals surface area contributed by atoms with E-state index in [0.717, 1.165) is 52.5 Å². The fourth-order valence-corrected chi connectivity index (χ4v) is 8.54. The number of fused-ring (bicyclic) bond motifs is 3. The number of carbonyl (C=O) groups excluding carboxylic acids is 3. The smallest absolute Gasteiger partial charge is 0.407 e. The first kappa shape index (κ1) is 39.1. The molecule has 0 saturated carbocycles. The van der Waals surface area contributed by atoms with E-state index in [1.165, 1.54) is 13.2 Å². The van der Waals surface area contributed by atoms with Gasteiger partial charge in [-0.1, -0.05) is 43.9 Å². The van der Waals surface area contributed by atoms with Gasteiger partial charge in [0.2, 0.25) is 11.8 Å². The highest BCUT2D eigenvalue weighted by Crippen LogP contribution is 2.36. The lowest BCUT2D eigenvalue weighted by atomic mass is 9.90. The van der Waals surface area contributed by atoms with Crippen molar-refractivity contribution < 1.29 is 28.2 Å². The fourth-order valence-electron chi connectivity index (χ4n) is 8.54. The molecule has 302 valence electrons. The van der Waals surface area contributed by atoms with E-state index >= 15 is 4.39 Å². The zero-order chi connectivity index (χ0) is 40.5. The topological polar surface area (TPSA) is 172 Å². The van der Waals surface area contributed by atoms with Gasteiger partial charge in [-0.3, -0.25) is 9.59 Å². The standard InChI is InChI=1S/C44H49FN8O5/c1-25(2)37(46)42(54)52-18-5-7-36(52)41-48-33-15-13-29-22-26(9-14-31(29)39(33)50-41)8-10-27-11-12-30(23-32(27)45)34-24-47-40(49-34)35-6-4-19-53(35)43(55)38(51-44(56)57-3)28-16-20-58-21-17-28/h9,11-15,22-25,28,35-38H,4-7,16-21,46H2,1-3H3,(H,47,49)(H,48,50)(H,51,56)/t35-,36-,37-,38-/m0/s1. The molecule has 4 atom stereocenters. The van der Waals surface area contributed by atoms with Crippen LogP contribution in [-0.4, -0.2) is 93.1 Å². The summed E-state index contributed by atoms with van der Waals surface area (Å²) in [5.74, 6) is 6.80. The Morgan fingerprint density at radius 2 is 1.67 bits per heavy atom. The van der Waals surface area contributed by atoms with Gasteiger partial charge in [-0.2, -0.15) is 0 Å². The molecule has 13 nitrogen and oxygen atoms in total. The molecule has 3 saturated heterocycles. The van der Waals surface area contributed by atoms with Crippen molar-refractivity contribution in [1.29, 1.82) is 0 Å². The number of nitrogens with two attached hydrogens (primary N) is 1. The van der Waals surface area contributed by atoms with Crippen LogP contribution in [0.2, 0.25) is 0 Å². The van der Waals surface area contributed by atoms with Gasteiger partial charge >= 0.3 is 6.09 Å². The number of ether oxygens (including phenoxy) is 2. The van der Waals surface area contributed by atoms with Crippen LogP contribution in [0.25, 0.3) is 33.1 Å². The van der Waals surface area contributed by atoms with Gasteiger partial charge in [0.1, 0.15) is 23.5 Å². The maximum absolute atomic E-state index is 15.5. The van der Waals surface area contributed by atoms with Gasteiger partial charge in [0, 0.05) is 42.8 Å². The number of nitrogens with one attached hydrogen (secondary N) is 3. The van der Waals surface area contributed by atoms with E-state index in [4.69, 9.17) is 20.2 Å². The Morgan fingerprint density at radius 1 is 0.931 bits per heavy atom. The van der Waals surface area contributed by atoms with Crippen molar-refractivity contribution in [1.82, 2.24) is 35.1 Å². The maximum Gasteiger partial charge on any atom is 0.407 e. The van der Waals surface area contributed by atoms with Crippen molar-refractivity contribution in [2.45, 2.75) is 76.5 Å². The van der Waals surface area contributed by atoms with Crippen LogP contribution in [0, 0.1) is 29.5 Å². The number of H-pyrrole nitrogens is 2. The molecule has 5 N–H and O–H groups in total. The van der Waals surface area contributed by atoms with Gasteiger partial charge in [0.05, 0.1) is 53.7 Å². The summed E-state index contributed by atoms with van der Waals surface area (Å²) in [5, 5.41) is 4.71. The van der Waals surface area contributed by atoms with Gasteiger partial charge < -0.3 is 40.3 Å². The zero-order valence-corrected chi connectivity index (χ0v) is 33.0. The lowest BCUT2D eigenvalue weighted by molar-refractivity contribution is -0.137. The van der Waals surface area contributed by atoms with E-state index in [-0.39, 0.29) is 41.3 Å². The number of aromatic nitrogens is 4. The molecule has 14 heteroatoms. The van der Waals surface area contributed by atoms with Crippen molar-refractivity contribution in [3.8, 4) is 23.1 Å². The minimum atomic E-state index is -0.730. The summed E-state index contributed by atoms with van der Waals surface area (Å²) in [6, 6.07) is 13.0. The van der Waals surface area contributed by atoms with Crippen LogP contribution in [0.4, 0.5) is 9.18 Å². The summed E-state index contributed by atoms with van der Waals surface area (Å²) in [4.78, 5) is 59.3. The van der Waals surface area contributed by atoms with Crippen LogP contribution in [0.3, 0.4) is 0 Å². The SMILES string of the molecule is COC(=O)N[C@H](C(=O)N1CCC[C@H]1c1ncc(-c2ccc(C#Cc3ccc4c(ccc5nc([C@@H]6CCCN6C(=O)[C@@H](N)C(C)C)[nH]c54)c3)c(F)c2)[nH]1)C1CCOCC1. The number of likely N-dealkylation sites (tertiary alicyclic amines) is 2. The molecular formula is C44H49FN8O5. The summed E-state index contributed by atoms with van der Waals surface area (Å²) >= 11 is 0. The van der Waals surface area contributed by atoms with Crippen molar-refractivity contribution in [2.75, 3.05) is 33.4 Å². The molecule has 3 aliphatic heterocycles. The van der Waals surface area contributed by atoms with Gasteiger partial charge in [-0.15, -0.1) is 0 Å². The quantitative estimate of drug-likeness (QED) is 0.137. The first-order valence-corrected chi connectivity index (χ1v) is 20.2. The van der Waals surface area contributed by atoms with Crippen molar-refractivity contribution in [3.05, 3.63) is 83.3 Å². The van der Waals surface area contributed by atoms with E-state index in [9.17, 15) is 14.4 Å². The number of nitrogens with zero attached hydrogens (tertiary/aromatic N) is 4. The number of alkyl carbamates (subject to hydrolysis) is 1. The van der Waals surface area contributed by atoms with Crippen LogP contribution in [-0.2, 0) is 19.1 Å². The van der Waals surface area contributed by atoms with Crippen LogP contribution < -0.4 is 11.1 Å². The van der Waals surface area contributed by atoms with Crippen molar-refractivity contribution >= 4 is 39.7 Å². The van der Waals surface area contributed by atoms with E-state index in [0.29, 0.717) is 62.6 Å². The van der Waals surface area contributed by atoms with Crippen LogP contribution >= 0.6 is 0 Å². The third-order valence-electron chi connectivity index (χ3n) is 11.9. The molecule has 8 rings (SSSR count). The number of methoxy groups -OCH3 is 1. The zero-order valence-electron chi connectivity index (χ0n) is 33.0. The number of carbonyl (C=O) groups is 3. The summed E-state index contributed by atoms with van der Waals surface area (Å²) in [5.41, 5.74) is 10.2.